The van der Waals surface area contributed by atoms with Crippen LogP contribution in [0, 0.1) is 5.92 Å². The van der Waals surface area contributed by atoms with Crippen molar-refractivity contribution in [1.29, 1.82) is 0 Å². The number of nitrogens with one attached hydrogen (secondary N) is 2. The van der Waals surface area contributed by atoms with E-state index in [0.717, 1.165) is 48.2 Å². The minimum absolute atomic E-state index is 0.0183. The smallest absolute Gasteiger partial charge is 0.481 e. The number of hydrogen-bond donors (Lipinski definition) is 4. The molecule has 1 fully saturated rings. The number of pyridine rings is 2. The fourth-order valence-electron chi connectivity index (χ4n) is 5.74. The number of halogens is 3. The maximum atomic E-state index is 13.4. The number of carboxylic acids is 2. The standard InChI is InChI=1S/C30H35N5O4.C2HF3O2/c1-2-24-15-21(10-12-23-11-9-19-7-5-13-31-29(19)33-23)30(39)35(24)18-27(36)34-26(16-28(37)38)22-14-20-6-3-4-8-25(20)32-17-22;3-2(4,5)1(6)7/h3-4,6,8-9,11,14,17,21,24,26H,2,5,7,10,12-13,15-16,18H2,1H3,(H,31,33)(H,34,36)(H,37,38);(H,6,7). The van der Waals surface area contributed by atoms with E-state index in [2.05, 4.69) is 27.8 Å². The number of carbonyl (C=O) groups is 4. The second-order valence-electron chi connectivity index (χ2n) is 11.3. The number of carbonyl (C=O) groups excluding carboxylic acids is 2. The lowest BCUT2D eigenvalue weighted by Gasteiger charge is -2.25. The van der Waals surface area contributed by atoms with Crippen LogP contribution in [0.1, 0.15) is 61.9 Å². The third-order valence-corrected chi connectivity index (χ3v) is 8.09. The highest BCUT2D eigenvalue weighted by atomic mass is 19.4. The first-order valence-electron chi connectivity index (χ1n) is 15.0. The molecule has 2 aliphatic heterocycles. The number of aryl methyl sites for hydroxylation is 2. The molecule has 1 saturated heterocycles. The number of aromatic nitrogens is 2. The molecule has 5 rings (SSSR count). The van der Waals surface area contributed by atoms with Gasteiger partial charge in [0.25, 0.3) is 0 Å². The Hall–Kier alpha value is -4.75. The highest BCUT2D eigenvalue weighted by molar-refractivity contribution is 5.88. The number of nitrogens with zero attached hydrogens (tertiary/aromatic N) is 3. The Morgan fingerprint density at radius 1 is 1.15 bits per heavy atom. The zero-order valence-corrected chi connectivity index (χ0v) is 25.2. The summed E-state index contributed by atoms with van der Waals surface area (Å²) < 4.78 is 31.7. The molecule has 11 nitrogen and oxygen atoms in total. The molecule has 2 aliphatic rings. The minimum atomic E-state index is -5.08. The molecule has 0 spiro atoms. The van der Waals surface area contributed by atoms with E-state index in [1.807, 2.05) is 37.3 Å². The lowest BCUT2D eigenvalue weighted by atomic mass is 9.97. The average Bonchev–Trinajstić information content (AvgIpc) is 3.32. The van der Waals surface area contributed by atoms with Gasteiger partial charge in [-0.15, -0.1) is 0 Å². The molecular weight excluding hydrogens is 607 g/mol. The molecule has 246 valence electrons. The Morgan fingerprint density at radius 2 is 1.89 bits per heavy atom. The summed E-state index contributed by atoms with van der Waals surface area (Å²) >= 11 is 0. The number of rotatable bonds is 10. The van der Waals surface area contributed by atoms with Crippen LogP contribution in [-0.2, 0) is 32.0 Å². The van der Waals surface area contributed by atoms with Gasteiger partial charge in [0.15, 0.2) is 0 Å². The summed E-state index contributed by atoms with van der Waals surface area (Å²) in [7, 11) is 0. The van der Waals surface area contributed by atoms with Crippen molar-refractivity contribution in [3.05, 3.63) is 65.5 Å². The Morgan fingerprint density at radius 3 is 2.59 bits per heavy atom. The molecule has 2 amide bonds. The third-order valence-electron chi connectivity index (χ3n) is 8.09. The molecule has 14 heteroatoms. The van der Waals surface area contributed by atoms with Gasteiger partial charge in [-0.1, -0.05) is 31.2 Å². The summed E-state index contributed by atoms with van der Waals surface area (Å²) in [5, 5.41) is 23.7. The summed E-state index contributed by atoms with van der Waals surface area (Å²) in [5.74, 6) is -3.37. The Balaban J connectivity index is 0.000000617. The Bertz CT molecular complexity index is 1580. The summed E-state index contributed by atoms with van der Waals surface area (Å²) in [6.07, 6.45) is 1.25. The quantitative estimate of drug-likeness (QED) is 0.249. The maximum Gasteiger partial charge on any atom is 0.490 e. The number of para-hydroxylation sites is 1. The van der Waals surface area contributed by atoms with Crippen LogP contribution in [0.3, 0.4) is 0 Å². The van der Waals surface area contributed by atoms with Crippen molar-refractivity contribution in [2.24, 2.45) is 5.92 Å². The number of carboxylic acid groups (broad SMARTS) is 2. The van der Waals surface area contributed by atoms with Gasteiger partial charge >= 0.3 is 18.1 Å². The molecule has 4 N–H and O–H groups in total. The van der Waals surface area contributed by atoms with Crippen LogP contribution in [0.5, 0.6) is 0 Å². The monoisotopic (exact) mass is 643 g/mol. The van der Waals surface area contributed by atoms with Crippen LogP contribution in [0.2, 0.25) is 0 Å². The van der Waals surface area contributed by atoms with E-state index in [9.17, 15) is 32.7 Å². The molecule has 3 unspecified atom stereocenters. The second-order valence-corrected chi connectivity index (χ2v) is 11.3. The number of benzene rings is 1. The zero-order chi connectivity index (χ0) is 33.4. The van der Waals surface area contributed by atoms with Gasteiger partial charge in [-0.2, -0.15) is 13.2 Å². The predicted molar refractivity (Wildman–Crippen MR) is 162 cm³/mol. The summed E-state index contributed by atoms with van der Waals surface area (Å²) in [4.78, 5) is 57.8. The Labute approximate surface area is 263 Å². The van der Waals surface area contributed by atoms with Gasteiger partial charge in [0.1, 0.15) is 5.82 Å². The number of fused-ring (bicyclic) bond motifs is 2. The minimum Gasteiger partial charge on any atom is -0.481 e. The molecule has 4 heterocycles. The van der Waals surface area contributed by atoms with Crippen molar-refractivity contribution >= 4 is 40.5 Å². The van der Waals surface area contributed by atoms with Gasteiger partial charge in [-0.25, -0.2) is 9.78 Å². The molecule has 0 bridgehead atoms. The van der Waals surface area contributed by atoms with Crippen LogP contribution >= 0.6 is 0 Å². The van der Waals surface area contributed by atoms with Gasteiger partial charge in [-0.05, 0) is 67.9 Å². The first kappa shape index (κ1) is 34.1. The second kappa shape index (κ2) is 15.0. The number of aliphatic carboxylic acids is 2. The summed E-state index contributed by atoms with van der Waals surface area (Å²) in [5.41, 5.74) is 3.63. The fraction of sp³-hybridized carbons (Fsp3) is 0.438. The van der Waals surface area contributed by atoms with Gasteiger partial charge in [-0.3, -0.25) is 19.4 Å². The summed E-state index contributed by atoms with van der Waals surface area (Å²) in [6.45, 7) is 2.87. The number of amides is 2. The molecule has 1 aromatic carbocycles. The van der Waals surface area contributed by atoms with E-state index in [-0.39, 0.29) is 36.7 Å². The third kappa shape index (κ3) is 8.92. The molecule has 3 aromatic rings. The predicted octanol–water partition coefficient (Wildman–Crippen LogP) is 4.51. The van der Waals surface area contributed by atoms with Crippen LogP contribution < -0.4 is 10.6 Å². The fourth-order valence-corrected chi connectivity index (χ4v) is 5.74. The maximum absolute atomic E-state index is 13.4. The van der Waals surface area contributed by atoms with Crippen LogP contribution in [0.4, 0.5) is 19.0 Å². The van der Waals surface area contributed by atoms with Crippen molar-refractivity contribution in [2.45, 2.75) is 70.1 Å². The normalized spacial score (nSPS) is 18.2. The zero-order valence-electron chi connectivity index (χ0n) is 25.2. The topological polar surface area (TPSA) is 162 Å². The number of anilines is 1. The average molecular weight is 644 g/mol. The summed E-state index contributed by atoms with van der Waals surface area (Å²) in [6, 6.07) is 12.8. The number of likely N-dealkylation sites (tertiary alicyclic amines) is 1. The van der Waals surface area contributed by atoms with Gasteiger partial charge in [0.05, 0.1) is 24.5 Å². The van der Waals surface area contributed by atoms with Crippen LogP contribution in [-0.4, -0.2) is 74.1 Å². The van der Waals surface area contributed by atoms with Crippen molar-refractivity contribution in [3.8, 4) is 0 Å². The molecule has 3 atom stereocenters. The Kier molecular flexibility index (Phi) is 11.1. The highest BCUT2D eigenvalue weighted by Crippen LogP contribution is 2.31. The number of alkyl halides is 3. The van der Waals surface area contributed by atoms with Gasteiger partial charge in [0, 0.05) is 35.8 Å². The van der Waals surface area contributed by atoms with E-state index in [1.165, 1.54) is 5.56 Å². The van der Waals surface area contributed by atoms with Crippen molar-refractivity contribution < 1.29 is 42.6 Å². The van der Waals surface area contributed by atoms with Gasteiger partial charge < -0.3 is 25.7 Å². The van der Waals surface area contributed by atoms with Crippen molar-refractivity contribution in [2.75, 3.05) is 18.4 Å². The molecule has 0 radical (unpaired) electrons. The van der Waals surface area contributed by atoms with Crippen LogP contribution in [0.15, 0.2) is 48.7 Å². The molecule has 2 aromatic heterocycles. The van der Waals surface area contributed by atoms with Crippen molar-refractivity contribution in [1.82, 2.24) is 20.2 Å². The van der Waals surface area contributed by atoms with Crippen molar-refractivity contribution in [3.63, 3.8) is 0 Å². The lowest BCUT2D eigenvalue weighted by Crippen LogP contribution is -2.43. The molecule has 0 aliphatic carbocycles. The van der Waals surface area contributed by atoms with Gasteiger partial charge in [0.2, 0.25) is 11.8 Å². The van der Waals surface area contributed by atoms with E-state index in [0.29, 0.717) is 24.8 Å². The first-order chi connectivity index (χ1) is 21.8. The lowest BCUT2D eigenvalue weighted by molar-refractivity contribution is -0.192. The van der Waals surface area contributed by atoms with E-state index < -0.39 is 24.2 Å². The van der Waals surface area contributed by atoms with Crippen LogP contribution in [0.25, 0.3) is 10.9 Å². The van der Waals surface area contributed by atoms with E-state index in [4.69, 9.17) is 14.9 Å². The first-order valence-corrected chi connectivity index (χ1v) is 15.0. The highest BCUT2D eigenvalue weighted by Gasteiger charge is 2.39. The largest absolute Gasteiger partial charge is 0.490 e. The number of hydrogen-bond acceptors (Lipinski definition) is 7. The van der Waals surface area contributed by atoms with E-state index >= 15 is 0 Å². The molecule has 46 heavy (non-hydrogen) atoms. The SMILES string of the molecule is CCC1CC(CCc2ccc3c(n2)NCCC3)C(=O)N1CC(=O)NC(CC(=O)O)c1cnc2ccccc2c1.O=C(O)C(F)(F)F. The molecular formula is C32H36F3N5O6. The molecule has 0 saturated carbocycles. The van der Waals surface area contributed by atoms with E-state index in [1.54, 1.807) is 11.1 Å².